The number of carbonyl (C=O) groups excluding carboxylic acids is 1. The predicted molar refractivity (Wildman–Crippen MR) is 99.6 cm³/mol. The van der Waals surface area contributed by atoms with Gasteiger partial charge in [-0.25, -0.2) is 4.68 Å². The number of fused-ring (bicyclic) bond motifs is 1. The fraction of sp³-hybridized carbons (Fsp3) is 0.273. The normalized spacial score (nSPS) is 16.8. The van der Waals surface area contributed by atoms with Gasteiger partial charge in [0.05, 0.1) is 22.6 Å². The van der Waals surface area contributed by atoms with Gasteiger partial charge in [-0.3, -0.25) is 4.79 Å². The Morgan fingerprint density at radius 1 is 0.880 bits per heavy atom. The average molecular weight is 330 g/mol. The van der Waals surface area contributed by atoms with Crippen LogP contribution in [0.2, 0.25) is 0 Å². The number of benzene rings is 2. The van der Waals surface area contributed by atoms with Crippen molar-refractivity contribution >= 4 is 5.78 Å². The van der Waals surface area contributed by atoms with E-state index in [0.29, 0.717) is 6.42 Å². The van der Waals surface area contributed by atoms with Crippen LogP contribution in [-0.2, 0) is 6.42 Å². The van der Waals surface area contributed by atoms with Crippen LogP contribution in [0.25, 0.3) is 5.69 Å². The smallest absolute Gasteiger partial charge is 0.167 e. The highest BCUT2D eigenvalue weighted by molar-refractivity contribution is 6.00. The molecular formula is C22H22N2O. The molecule has 1 unspecified atom stereocenters. The number of aryl methyl sites for hydroxylation is 3. The molecule has 4 rings (SSSR count). The van der Waals surface area contributed by atoms with E-state index in [9.17, 15) is 4.79 Å². The lowest BCUT2D eigenvalue weighted by atomic mass is 9.81. The zero-order chi connectivity index (χ0) is 17.6. The summed E-state index contributed by atoms with van der Waals surface area (Å²) >= 11 is 0. The number of Topliss-reactive ketones (excluding diaryl/α,β-unsaturated/α-hetero) is 1. The maximum Gasteiger partial charge on any atom is 0.167 e. The molecule has 0 amide bonds. The average Bonchev–Trinajstić information content (AvgIpc) is 2.93. The monoisotopic (exact) mass is 330 g/mol. The molecule has 0 spiro atoms. The highest BCUT2D eigenvalue weighted by Gasteiger charge is 2.32. The summed E-state index contributed by atoms with van der Waals surface area (Å²) in [6.45, 7) is 6.10. The minimum atomic E-state index is 0.211. The second-order valence-corrected chi connectivity index (χ2v) is 7.09. The molecule has 1 aromatic heterocycles. The molecule has 0 N–H and O–H groups in total. The minimum absolute atomic E-state index is 0.211. The van der Waals surface area contributed by atoms with Crippen LogP contribution in [-0.4, -0.2) is 15.6 Å². The summed E-state index contributed by atoms with van der Waals surface area (Å²) in [5.41, 5.74) is 7.42. The summed E-state index contributed by atoms with van der Waals surface area (Å²) in [6, 6.07) is 16.9. The molecule has 126 valence electrons. The Morgan fingerprint density at radius 2 is 1.48 bits per heavy atom. The van der Waals surface area contributed by atoms with Gasteiger partial charge in [0.2, 0.25) is 0 Å². The van der Waals surface area contributed by atoms with Crippen molar-refractivity contribution in [2.24, 2.45) is 0 Å². The molecule has 3 nitrogen and oxygen atoms in total. The molecule has 1 heterocycles. The predicted octanol–water partition coefficient (Wildman–Crippen LogP) is 4.71. The van der Waals surface area contributed by atoms with E-state index in [4.69, 9.17) is 0 Å². The molecule has 0 fully saturated rings. The van der Waals surface area contributed by atoms with E-state index in [0.717, 1.165) is 29.1 Å². The first kappa shape index (κ1) is 15.8. The number of hydrogen-bond donors (Lipinski definition) is 0. The maximum absolute atomic E-state index is 12.8. The molecule has 3 aromatic rings. The molecule has 0 radical (unpaired) electrons. The van der Waals surface area contributed by atoms with Gasteiger partial charge >= 0.3 is 0 Å². The van der Waals surface area contributed by atoms with Gasteiger partial charge in [-0.05, 0) is 50.8 Å². The molecule has 25 heavy (non-hydrogen) atoms. The Balaban J connectivity index is 1.78. The van der Waals surface area contributed by atoms with E-state index >= 15 is 0 Å². The molecule has 1 aliphatic rings. The van der Waals surface area contributed by atoms with Crippen LogP contribution in [0.1, 0.15) is 50.8 Å². The van der Waals surface area contributed by atoms with Crippen molar-refractivity contribution in [3.63, 3.8) is 0 Å². The van der Waals surface area contributed by atoms with Crippen LogP contribution in [0, 0.1) is 20.8 Å². The number of nitrogens with zero attached hydrogens (tertiary/aromatic N) is 2. The summed E-state index contributed by atoms with van der Waals surface area (Å²) < 4.78 is 1.96. The van der Waals surface area contributed by atoms with Crippen LogP contribution >= 0.6 is 0 Å². The van der Waals surface area contributed by atoms with E-state index in [1.54, 1.807) is 0 Å². The first-order valence-electron chi connectivity index (χ1n) is 8.78. The Morgan fingerprint density at radius 3 is 2.12 bits per heavy atom. The largest absolute Gasteiger partial charge is 0.294 e. The number of ketones is 1. The highest BCUT2D eigenvalue weighted by atomic mass is 16.1. The van der Waals surface area contributed by atoms with Crippen molar-refractivity contribution < 1.29 is 4.79 Å². The van der Waals surface area contributed by atoms with E-state index in [2.05, 4.69) is 67.5 Å². The van der Waals surface area contributed by atoms with Crippen molar-refractivity contribution in [3.8, 4) is 5.69 Å². The molecule has 1 aliphatic carbocycles. The molecular weight excluding hydrogens is 308 g/mol. The lowest BCUT2D eigenvalue weighted by Crippen LogP contribution is -2.20. The quantitative estimate of drug-likeness (QED) is 0.682. The topological polar surface area (TPSA) is 34.9 Å². The fourth-order valence-corrected chi connectivity index (χ4v) is 3.73. The molecule has 0 aliphatic heterocycles. The van der Waals surface area contributed by atoms with Crippen molar-refractivity contribution in [1.82, 2.24) is 9.78 Å². The van der Waals surface area contributed by atoms with Crippen molar-refractivity contribution in [3.05, 3.63) is 82.2 Å². The zero-order valence-corrected chi connectivity index (χ0v) is 14.9. The third-order valence-corrected chi connectivity index (χ3v) is 5.13. The first-order chi connectivity index (χ1) is 12.0. The molecule has 0 saturated carbocycles. The van der Waals surface area contributed by atoms with Crippen molar-refractivity contribution in [1.29, 1.82) is 0 Å². The van der Waals surface area contributed by atoms with E-state index < -0.39 is 0 Å². The second-order valence-electron chi connectivity index (χ2n) is 7.09. The molecule has 0 bridgehead atoms. The number of carbonyl (C=O) groups is 1. The van der Waals surface area contributed by atoms with Crippen LogP contribution in [0.15, 0.2) is 48.5 Å². The summed E-state index contributed by atoms with van der Waals surface area (Å²) in [5, 5.41) is 4.68. The number of aromatic nitrogens is 2. The Labute approximate surface area is 148 Å². The van der Waals surface area contributed by atoms with Crippen LogP contribution in [0.5, 0.6) is 0 Å². The summed E-state index contributed by atoms with van der Waals surface area (Å²) in [7, 11) is 0. The molecule has 3 heteroatoms. The Hall–Kier alpha value is -2.68. The summed E-state index contributed by atoms with van der Waals surface area (Å²) in [6.07, 6.45) is 1.41. The molecule has 1 atom stereocenters. The van der Waals surface area contributed by atoms with Gasteiger partial charge in [0.1, 0.15) is 0 Å². The highest BCUT2D eigenvalue weighted by Crippen LogP contribution is 2.35. The lowest BCUT2D eigenvalue weighted by molar-refractivity contribution is 0.0963. The number of hydrogen-bond acceptors (Lipinski definition) is 2. The van der Waals surface area contributed by atoms with Gasteiger partial charge in [-0.2, -0.15) is 5.10 Å². The Kier molecular flexibility index (Phi) is 3.79. The third kappa shape index (κ3) is 2.80. The van der Waals surface area contributed by atoms with Gasteiger partial charge in [-0.15, -0.1) is 0 Å². The third-order valence-electron chi connectivity index (χ3n) is 5.13. The second kappa shape index (κ2) is 5.99. The van der Waals surface area contributed by atoms with Gasteiger partial charge in [0.15, 0.2) is 5.78 Å². The van der Waals surface area contributed by atoms with E-state index in [1.807, 2.05) is 11.6 Å². The van der Waals surface area contributed by atoms with Crippen LogP contribution in [0.4, 0.5) is 0 Å². The molecule has 2 aromatic carbocycles. The number of rotatable bonds is 2. The van der Waals surface area contributed by atoms with E-state index in [1.165, 1.54) is 16.7 Å². The van der Waals surface area contributed by atoms with Gasteiger partial charge < -0.3 is 0 Å². The van der Waals surface area contributed by atoms with Gasteiger partial charge in [0, 0.05) is 6.42 Å². The lowest BCUT2D eigenvalue weighted by Gasteiger charge is -2.23. The van der Waals surface area contributed by atoms with E-state index in [-0.39, 0.29) is 11.7 Å². The first-order valence-corrected chi connectivity index (χ1v) is 8.78. The zero-order valence-electron chi connectivity index (χ0n) is 14.9. The van der Waals surface area contributed by atoms with Gasteiger partial charge in [0.25, 0.3) is 0 Å². The fourth-order valence-electron chi connectivity index (χ4n) is 3.73. The molecule has 0 saturated heterocycles. The standard InChI is InChI=1S/C22H22N2O/c1-14-4-8-17(9-5-14)18-12-20-22(21(25)13-18)16(3)23-24(20)19-10-6-15(2)7-11-19/h4-11,18H,12-13H2,1-3H3. The SMILES string of the molecule is Cc1ccc(C2CC(=O)c3c(C)nn(-c4ccc(C)cc4)c3C2)cc1. The van der Waals surface area contributed by atoms with Crippen molar-refractivity contribution in [2.45, 2.75) is 39.5 Å². The maximum atomic E-state index is 12.8. The van der Waals surface area contributed by atoms with Crippen molar-refractivity contribution in [2.75, 3.05) is 0 Å². The van der Waals surface area contributed by atoms with Crippen LogP contribution in [0.3, 0.4) is 0 Å². The minimum Gasteiger partial charge on any atom is -0.294 e. The van der Waals surface area contributed by atoms with Crippen LogP contribution < -0.4 is 0 Å². The Bertz CT molecular complexity index is 933. The summed E-state index contributed by atoms with van der Waals surface area (Å²) in [4.78, 5) is 12.8. The van der Waals surface area contributed by atoms with Gasteiger partial charge in [-0.1, -0.05) is 47.5 Å². The summed E-state index contributed by atoms with van der Waals surface area (Å²) in [5.74, 6) is 0.434.